The minimum atomic E-state index is 0.0422. The average molecular weight is 283 g/mol. The summed E-state index contributed by atoms with van der Waals surface area (Å²) in [5.74, 6) is 0. The van der Waals surface area contributed by atoms with Crippen molar-refractivity contribution in [2.24, 2.45) is 0 Å². The maximum atomic E-state index is 12.8. The Hall–Kier alpha value is -1.98. The number of aromatic nitrogens is 2. The van der Waals surface area contributed by atoms with E-state index in [0.717, 1.165) is 35.4 Å². The fourth-order valence-corrected chi connectivity index (χ4v) is 3.83. The summed E-state index contributed by atoms with van der Waals surface area (Å²) in [7, 11) is 0. The fraction of sp³-hybridized carbons (Fsp3) is 0.200. The number of thiophene rings is 1. The standard InChI is InChI=1S/C15H13N3OS/c19-15-13-11-6-7-16-8-12(11)20-14(13)17-9-18(15)10-4-2-1-3-5-10/h1-5,9,16H,6-8H2. The largest absolute Gasteiger partial charge is 0.312 e. The second-order valence-electron chi connectivity index (χ2n) is 4.87. The molecule has 0 saturated heterocycles. The van der Waals surface area contributed by atoms with E-state index in [9.17, 15) is 4.79 Å². The summed E-state index contributed by atoms with van der Waals surface area (Å²) in [5.41, 5.74) is 2.09. The predicted molar refractivity (Wildman–Crippen MR) is 80.6 cm³/mol. The van der Waals surface area contributed by atoms with Crippen LogP contribution in [0, 0.1) is 0 Å². The molecule has 0 saturated carbocycles. The summed E-state index contributed by atoms with van der Waals surface area (Å²) in [6, 6.07) is 9.65. The second-order valence-corrected chi connectivity index (χ2v) is 5.95. The third kappa shape index (κ3) is 1.71. The lowest BCUT2D eigenvalue weighted by Gasteiger charge is -2.12. The van der Waals surface area contributed by atoms with Gasteiger partial charge in [-0.05, 0) is 30.7 Å². The van der Waals surface area contributed by atoms with Crippen molar-refractivity contribution in [3.05, 3.63) is 57.5 Å². The van der Waals surface area contributed by atoms with E-state index in [4.69, 9.17) is 0 Å². The Balaban J connectivity index is 2.02. The summed E-state index contributed by atoms with van der Waals surface area (Å²) in [6.45, 7) is 1.78. The number of hydrogen-bond acceptors (Lipinski definition) is 4. The maximum Gasteiger partial charge on any atom is 0.266 e. The molecule has 20 heavy (non-hydrogen) atoms. The Labute approximate surface area is 119 Å². The van der Waals surface area contributed by atoms with E-state index < -0.39 is 0 Å². The van der Waals surface area contributed by atoms with Gasteiger partial charge < -0.3 is 5.32 Å². The highest BCUT2D eigenvalue weighted by Crippen LogP contribution is 2.29. The van der Waals surface area contributed by atoms with Gasteiger partial charge in [-0.2, -0.15) is 0 Å². The minimum Gasteiger partial charge on any atom is -0.312 e. The maximum absolute atomic E-state index is 12.8. The molecule has 3 heterocycles. The molecule has 0 spiro atoms. The van der Waals surface area contributed by atoms with E-state index >= 15 is 0 Å². The van der Waals surface area contributed by atoms with Crippen LogP contribution >= 0.6 is 11.3 Å². The number of benzene rings is 1. The molecule has 4 rings (SSSR count). The van der Waals surface area contributed by atoms with Crippen molar-refractivity contribution in [1.29, 1.82) is 0 Å². The Kier molecular flexibility index (Phi) is 2.68. The molecule has 0 aliphatic carbocycles. The number of hydrogen-bond donors (Lipinski definition) is 1. The van der Waals surface area contributed by atoms with Gasteiger partial charge in [0, 0.05) is 11.4 Å². The first kappa shape index (κ1) is 11.8. The van der Waals surface area contributed by atoms with Crippen LogP contribution in [-0.2, 0) is 13.0 Å². The van der Waals surface area contributed by atoms with Crippen LogP contribution in [0.1, 0.15) is 10.4 Å². The SMILES string of the molecule is O=c1c2c3c(sc2ncn1-c1ccccc1)CNCC3. The van der Waals surface area contributed by atoms with Crippen molar-refractivity contribution >= 4 is 21.6 Å². The molecule has 1 aliphatic rings. The Morgan fingerprint density at radius 3 is 2.95 bits per heavy atom. The molecule has 4 nitrogen and oxygen atoms in total. The Morgan fingerprint density at radius 2 is 2.10 bits per heavy atom. The molecule has 1 aliphatic heterocycles. The summed E-state index contributed by atoms with van der Waals surface area (Å²) in [6.07, 6.45) is 2.54. The summed E-state index contributed by atoms with van der Waals surface area (Å²) in [4.78, 5) is 19.4. The van der Waals surface area contributed by atoms with Gasteiger partial charge in [0.25, 0.3) is 5.56 Å². The zero-order chi connectivity index (χ0) is 13.5. The zero-order valence-corrected chi connectivity index (χ0v) is 11.6. The second kappa shape index (κ2) is 4.54. The van der Waals surface area contributed by atoms with Gasteiger partial charge in [0.1, 0.15) is 11.2 Å². The minimum absolute atomic E-state index is 0.0422. The van der Waals surface area contributed by atoms with Crippen LogP contribution in [0.3, 0.4) is 0 Å². The van der Waals surface area contributed by atoms with Gasteiger partial charge in [0.2, 0.25) is 0 Å². The third-order valence-corrected chi connectivity index (χ3v) is 4.81. The quantitative estimate of drug-likeness (QED) is 0.744. The molecule has 0 fully saturated rings. The molecular formula is C15H13N3OS. The monoisotopic (exact) mass is 283 g/mol. The highest BCUT2D eigenvalue weighted by molar-refractivity contribution is 7.18. The molecular weight excluding hydrogens is 270 g/mol. The predicted octanol–water partition coefficient (Wildman–Crippen LogP) is 2.09. The van der Waals surface area contributed by atoms with E-state index in [2.05, 4.69) is 10.3 Å². The lowest BCUT2D eigenvalue weighted by atomic mass is 10.1. The van der Waals surface area contributed by atoms with E-state index in [0.29, 0.717) is 0 Å². The summed E-state index contributed by atoms with van der Waals surface area (Å²) < 4.78 is 1.64. The normalized spacial score (nSPS) is 14.4. The van der Waals surface area contributed by atoms with E-state index in [-0.39, 0.29) is 5.56 Å². The number of nitrogens with zero attached hydrogens (tertiary/aromatic N) is 2. The van der Waals surface area contributed by atoms with E-state index in [1.807, 2.05) is 30.3 Å². The molecule has 0 atom stereocenters. The Bertz CT molecular complexity index is 835. The molecule has 3 aromatic rings. The summed E-state index contributed by atoms with van der Waals surface area (Å²) in [5, 5.41) is 4.15. The smallest absolute Gasteiger partial charge is 0.266 e. The van der Waals surface area contributed by atoms with Crippen molar-refractivity contribution in [3.8, 4) is 5.69 Å². The first-order valence-electron chi connectivity index (χ1n) is 6.62. The first-order valence-corrected chi connectivity index (χ1v) is 7.44. The first-order chi connectivity index (χ1) is 9.84. The van der Waals surface area contributed by atoms with Crippen molar-refractivity contribution in [1.82, 2.24) is 14.9 Å². The third-order valence-electron chi connectivity index (χ3n) is 3.67. The topological polar surface area (TPSA) is 46.9 Å². The van der Waals surface area contributed by atoms with Gasteiger partial charge in [0.05, 0.1) is 11.1 Å². The van der Waals surface area contributed by atoms with Crippen LogP contribution in [0.4, 0.5) is 0 Å². The number of nitrogens with one attached hydrogen (secondary N) is 1. The van der Waals surface area contributed by atoms with Gasteiger partial charge >= 0.3 is 0 Å². The lowest BCUT2D eigenvalue weighted by molar-refractivity contribution is 0.656. The van der Waals surface area contributed by atoms with Crippen LogP contribution in [0.15, 0.2) is 41.5 Å². The molecule has 0 bridgehead atoms. The fourth-order valence-electron chi connectivity index (χ4n) is 2.69. The molecule has 0 radical (unpaired) electrons. The molecule has 0 amide bonds. The highest BCUT2D eigenvalue weighted by atomic mass is 32.1. The lowest BCUT2D eigenvalue weighted by Crippen LogP contribution is -2.24. The Morgan fingerprint density at radius 1 is 1.25 bits per heavy atom. The van der Waals surface area contributed by atoms with Crippen molar-refractivity contribution in [3.63, 3.8) is 0 Å². The molecule has 0 unspecified atom stereocenters. The van der Waals surface area contributed by atoms with E-state index in [1.165, 1.54) is 10.4 Å². The van der Waals surface area contributed by atoms with Crippen molar-refractivity contribution < 1.29 is 0 Å². The van der Waals surface area contributed by atoms with Crippen LogP contribution in [0.25, 0.3) is 15.9 Å². The molecule has 100 valence electrons. The zero-order valence-electron chi connectivity index (χ0n) is 10.8. The van der Waals surface area contributed by atoms with Crippen LogP contribution in [-0.4, -0.2) is 16.1 Å². The number of rotatable bonds is 1. The molecule has 1 N–H and O–H groups in total. The van der Waals surface area contributed by atoms with Gasteiger partial charge in [-0.3, -0.25) is 9.36 Å². The highest BCUT2D eigenvalue weighted by Gasteiger charge is 2.19. The van der Waals surface area contributed by atoms with Gasteiger partial charge in [0.15, 0.2) is 0 Å². The van der Waals surface area contributed by atoms with E-state index in [1.54, 1.807) is 22.2 Å². The van der Waals surface area contributed by atoms with Crippen LogP contribution in [0.5, 0.6) is 0 Å². The van der Waals surface area contributed by atoms with Crippen LogP contribution < -0.4 is 10.9 Å². The van der Waals surface area contributed by atoms with Crippen LogP contribution in [0.2, 0.25) is 0 Å². The molecule has 1 aromatic carbocycles. The number of fused-ring (bicyclic) bond motifs is 3. The average Bonchev–Trinajstić information content (AvgIpc) is 2.88. The number of para-hydroxylation sites is 1. The van der Waals surface area contributed by atoms with Gasteiger partial charge in [-0.1, -0.05) is 18.2 Å². The molecule has 5 heteroatoms. The summed E-state index contributed by atoms with van der Waals surface area (Å²) >= 11 is 1.63. The van der Waals surface area contributed by atoms with Gasteiger partial charge in [-0.15, -0.1) is 11.3 Å². The van der Waals surface area contributed by atoms with Crippen molar-refractivity contribution in [2.45, 2.75) is 13.0 Å². The molecule has 2 aromatic heterocycles. The van der Waals surface area contributed by atoms with Gasteiger partial charge in [-0.25, -0.2) is 4.98 Å². The van der Waals surface area contributed by atoms with Crippen molar-refractivity contribution in [2.75, 3.05) is 6.54 Å².